The smallest absolute Gasteiger partial charge is 0.0777 e. The first kappa shape index (κ1) is 13.3. The molecule has 1 aromatic heterocycles. The molecule has 84 valence electrons. The van der Waals surface area contributed by atoms with Crippen molar-refractivity contribution in [3.63, 3.8) is 0 Å². The molecule has 0 radical (unpaired) electrons. The van der Waals surface area contributed by atoms with E-state index in [0.717, 1.165) is 0 Å². The summed E-state index contributed by atoms with van der Waals surface area (Å²) in [5, 5.41) is 0. The second kappa shape index (κ2) is 6.09. The molecule has 0 atom stereocenters. The lowest BCUT2D eigenvalue weighted by Crippen LogP contribution is -2.58. The number of halogens is 1. The van der Waals surface area contributed by atoms with E-state index < -0.39 is 10.2 Å². The Bertz CT molecular complexity index is 363. The summed E-state index contributed by atoms with van der Waals surface area (Å²) < 4.78 is 35.5. The summed E-state index contributed by atoms with van der Waals surface area (Å²) in [5.41, 5.74) is 0. The van der Waals surface area contributed by atoms with Crippen LogP contribution in [0.3, 0.4) is 0 Å². The monoisotopic (exact) mass is 304 g/mol. The highest BCUT2D eigenvalue weighted by Gasteiger charge is 1.98. The van der Waals surface area contributed by atoms with Crippen LogP contribution in [0.1, 0.15) is 0 Å². The van der Waals surface area contributed by atoms with Gasteiger partial charge < -0.3 is 0 Å². The van der Waals surface area contributed by atoms with Gasteiger partial charge in [-0.1, -0.05) is 32.8 Å². The van der Waals surface area contributed by atoms with Crippen molar-refractivity contribution in [1.29, 1.82) is 0 Å². The highest BCUT2D eigenvalue weighted by molar-refractivity contribution is 8.09. The average molecular weight is 305 g/mol. The summed E-state index contributed by atoms with van der Waals surface area (Å²) in [5.74, 6) is 0. The quantitative estimate of drug-likeness (QED) is 0.698. The van der Waals surface area contributed by atoms with E-state index in [9.17, 15) is 0 Å². The van der Waals surface area contributed by atoms with Gasteiger partial charge in [0.15, 0.2) is 0 Å². The van der Waals surface area contributed by atoms with Crippen molar-refractivity contribution < 1.29 is 28.9 Å². The normalized spacial score (nSPS) is 10.7. The van der Waals surface area contributed by atoms with Crippen molar-refractivity contribution in [2.45, 2.75) is 0 Å². The molecule has 15 heavy (non-hydrogen) atoms. The highest BCUT2D eigenvalue weighted by atomic mass is 35.7. The molecule has 0 saturated heterocycles. The molecule has 0 fully saturated rings. The van der Waals surface area contributed by atoms with Crippen LogP contribution in [0.4, 0.5) is 0 Å². The predicted octanol–water partition coefficient (Wildman–Crippen LogP) is 0.0862. The summed E-state index contributed by atoms with van der Waals surface area (Å²) in [4.78, 5) is 0. The second-order valence-electron chi connectivity index (χ2n) is 2.15. The molecule has 0 saturated carbocycles. The summed E-state index contributed by atoms with van der Waals surface area (Å²) in [6, 6.07) is 8.51. The first-order chi connectivity index (χ1) is 6.97. The summed E-state index contributed by atoms with van der Waals surface area (Å²) >= 11 is 0. The van der Waals surface area contributed by atoms with Crippen LogP contribution >= 0.6 is 39.4 Å². The molecule has 1 aromatic carbocycles. The third-order valence-corrected chi connectivity index (χ3v) is 7.39. The molecule has 9 heteroatoms. The zero-order valence-electron chi connectivity index (χ0n) is 6.99. The molecule has 0 aliphatic heterocycles. The molecule has 0 unspecified atom stereocenters. The molecule has 1 heterocycles. The van der Waals surface area contributed by atoms with Crippen molar-refractivity contribution >= 4 is 48.8 Å². The van der Waals surface area contributed by atoms with Gasteiger partial charge in [-0.05, 0) is 30.8 Å². The van der Waals surface area contributed by atoms with Crippen LogP contribution in [-0.4, -0.2) is 4.66 Å². The van der Waals surface area contributed by atoms with Crippen LogP contribution in [0.5, 0.6) is 0 Å². The Morgan fingerprint density at radius 2 is 1.27 bits per heavy atom. The Morgan fingerprint density at radius 3 is 1.60 bits per heavy atom. The average Bonchev–Trinajstić information content (AvgIpc) is 2.16. The summed E-state index contributed by atoms with van der Waals surface area (Å²) in [6.45, 7) is 0. The maximum Gasteiger partial charge on any atom is 0.0777 e. The third-order valence-electron chi connectivity index (χ3n) is 1.12. The minimum absolute atomic E-state index is 1.40. The van der Waals surface area contributed by atoms with Crippen LogP contribution in [0.25, 0.3) is 9.40 Å². The van der Waals surface area contributed by atoms with Gasteiger partial charge in [0.25, 0.3) is 0 Å². The zero-order chi connectivity index (χ0) is 11.3. The van der Waals surface area contributed by atoms with Gasteiger partial charge in [0.2, 0.25) is 0 Å². The van der Waals surface area contributed by atoms with Crippen LogP contribution < -0.4 is 14.0 Å². The fourth-order valence-corrected chi connectivity index (χ4v) is 6.82. The Kier molecular flexibility index (Phi) is 5.39. The molecule has 0 aliphatic carbocycles. The fourth-order valence-electron chi connectivity index (χ4n) is 0.689. The van der Waals surface area contributed by atoms with E-state index in [2.05, 4.69) is 24.3 Å². The Balaban J connectivity index is 0.000000195. The van der Waals surface area contributed by atoms with Crippen LogP contribution in [0.2, 0.25) is 0 Å². The van der Waals surface area contributed by atoms with Crippen LogP contribution in [0, 0.1) is 10.2 Å². The van der Waals surface area contributed by atoms with Gasteiger partial charge in [-0.25, -0.2) is 0 Å². The first-order valence-electron chi connectivity index (χ1n) is 3.37. The van der Waals surface area contributed by atoms with Crippen molar-refractivity contribution in [3.05, 3.63) is 24.3 Å². The SMILES string of the molecule is [O-][Cl+3]([O-])([O-])O.c1ccc2ssssc2c1. The van der Waals surface area contributed by atoms with Gasteiger partial charge in [-0.15, -0.1) is 0 Å². The molecule has 0 aliphatic rings. The number of hydrogen-bond donors (Lipinski definition) is 1. The largest absolute Gasteiger partial charge is 0.183 e. The molecule has 0 spiro atoms. The van der Waals surface area contributed by atoms with E-state index in [-0.39, 0.29) is 0 Å². The zero-order valence-corrected chi connectivity index (χ0v) is 11.0. The van der Waals surface area contributed by atoms with Crippen molar-refractivity contribution in [1.82, 2.24) is 0 Å². The highest BCUT2D eigenvalue weighted by Crippen LogP contribution is 2.29. The minimum atomic E-state index is -4.69. The van der Waals surface area contributed by atoms with E-state index in [1.807, 2.05) is 39.4 Å². The van der Waals surface area contributed by atoms with Crippen LogP contribution in [0.15, 0.2) is 24.3 Å². The molecule has 4 nitrogen and oxygen atoms in total. The van der Waals surface area contributed by atoms with Gasteiger partial charge in [0, 0.05) is 0 Å². The lowest BCUT2D eigenvalue weighted by atomic mass is 10.4. The maximum absolute atomic E-state index is 8.60. The number of hydrogen-bond acceptors (Lipinski definition) is 8. The fraction of sp³-hybridized carbons (Fsp3) is 0. The van der Waals surface area contributed by atoms with Gasteiger partial charge in [-0.3, -0.25) is 0 Å². The van der Waals surface area contributed by atoms with Crippen molar-refractivity contribution in [3.8, 4) is 0 Å². The molecular weight excluding hydrogens is 300 g/mol. The van der Waals surface area contributed by atoms with Gasteiger partial charge in [0.1, 0.15) is 0 Å². The Morgan fingerprint density at radius 1 is 0.933 bits per heavy atom. The molecule has 0 amide bonds. The van der Waals surface area contributed by atoms with Gasteiger partial charge in [0.05, 0.1) is 24.3 Å². The molecular formula is C6H5ClO4S4. The van der Waals surface area contributed by atoms with E-state index in [4.69, 9.17) is 18.6 Å². The molecule has 0 bridgehead atoms. The second-order valence-corrected chi connectivity index (χ2v) is 8.69. The predicted molar refractivity (Wildman–Crippen MR) is 55.3 cm³/mol. The summed E-state index contributed by atoms with van der Waals surface area (Å²) in [6.07, 6.45) is 0. The first-order valence-corrected chi connectivity index (χ1v) is 9.45. The lowest BCUT2D eigenvalue weighted by Gasteiger charge is -2.03. The summed E-state index contributed by atoms with van der Waals surface area (Å²) in [7, 11) is 2.67. The van der Waals surface area contributed by atoms with Crippen molar-refractivity contribution in [2.24, 2.45) is 0 Å². The van der Waals surface area contributed by atoms with E-state index in [0.29, 0.717) is 0 Å². The molecule has 1 N–H and O–H groups in total. The Labute approximate surface area is 101 Å². The van der Waals surface area contributed by atoms with Gasteiger partial charge in [-0.2, -0.15) is 14.0 Å². The Hall–Kier alpha value is 0.230. The van der Waals surface area contributed by atoms with Crippen LogP contribution in [-0.2, 0) is 0 Å². The maximum atomic E-state index is 8.60. The standard InChI is InChI=1S/C6H4S4.ClHO4/c1-2-4-6-5(3-1)7-9-10-8-6;2-1(3,4)5/h1-4H;(H,2,3,4,5). The number of benzene rings is 1. The third kappa shape index (κ3) is 6.40. The van der Waals surface area contributed by atoms with Crippen molar-refractivity contribution in [2.75, 3.05) is 0 Å². The number of fused-ring (bicyclic) bond motifs is 1. The topological polar surface area (TPSA) is 89.4 Å². The molecule has 2 aromatic rings. The lowest BCUT2D eigenvalue weighted by molar-refractivity contribution is -1.92. The van der Waals surface area contributed by atoms with E-state index >= 15 is 0 Å². The van der Waals surface area contributed by atoms with E-state index in [1.165, 1.54) is 9.40 Å². The molecule has 2 rings (SSSR count). The van der Waals surface area contributed by atoms with E-state index in [1.54, 1.807) is 0 Å². The minimum Gasteiger partial charge on any atom is -0.183 e. The van der Waals surface area contributed by atoms with Gasteiger partial charge >= 0.3 is 0 Å². The number of rotatable bonds is 0.